The topological polar surface area (TPSA) is 26.3 Å². The van der Waals surface area contributed by atoms with Crippen LogP contribution in [-0.2, 0) is 9.53 Å². The molecule has 0 saturated heterocycles. The highest BCUT2D eigenvalue weighted by molar-refractivity contribution is 6.87. The molecular weight excluding hydrogens is 288 g/mol. The van der Waals surface area contributed by atoms with Crippen molar-refractivity contribution in [3.05, 3.63) is 23.8 Å². The Hall–Kier alpha value is -1.11. The van der Waals surface area contributed by atoms with Crippen LogP contribution in [0.15, 0.2) is 23.8 Å². The molecule has 0 aromatic carbocycles. The molecule has 0 aromatic heterocycles. The van der Waals surface area contributed by atoms with E-state index in [1.54, 1.807) is 19.3 Å². The van der Waals surface area contributed by atoms with E-state index < -0.39 is 13.7 Å². The van der Waals surface area contributed by atoms with Crippen molar-refractivity contribution in [3.8, 4) is 11.5 Å². The second-order valence-corrected chi connectivity index (χ2v) is 13.0. The summed E-state index contributed by atoms with van der Waals surface area (Å²) in [5, 5.41) is 0.254. The molecule has 1 fully saturated rings. The predicted octanol–water partition coefficient (Wildman–Crippen LogP) is 4.29. The van der Waals surface area contributed by atoms with E-state index in [2.05, 4.69) is 45.3 Å². The molecule has 0 radical (unpaired) electrons. The SMILES string of the molecule is COC12C=CC(=O)C=C1C(C#C[Si](C)(C)C(C)(C)C)CCC2. The van der Waals surface area contributed by atoms with Crippen molar-refractivity contribution in [1.82, 2.24) is 0 Å². The van der Waals surface area contributed by atoms with Gasteiger partial charge in [0.05, 0.1) is 0 Å². The first-order chi connectivity index (χ1) is 10.1. The van der Waals surface area contributed by atoms with E-state index in [9.17, 15) is 4.79 Å². The monoisotopic (exact) mass is 316 g/mol. The lowest BCUT2D eigenvalue weighted by Gasteiger charge is -2.40. The van der Waals surface area contributed by atoms with Crippen LogP contribution in [-0.4, -0.2) is 26.6 Å². The van der Waals surface area contributed by atoms with Crippen LogP contribution in [0.25, 0.3) is 0 Å². The second kappa shape index (κ2) is 5.83. The van der Waals surface area contributed by atoms with Gasteiger partial charge in [-0.3, -0.25) is 4.79 Å². The van der Waals surface area contributed by atoms with E-state index in [1.165, 1.54) is 0 Å². The van der Waals surface area contributed by atoms with Gasteiger partial charge in [-0.25, -0.2) is 0 Å². The molecule has 2 unspecified atom stereocenters. The lowest BCUT2D eigenvalue weighted by molar-refractivity contribution is -0.111. The van der Waals surface area contributed by atoms with Gasteiger partial charge in [0, 0.05) is 13.0 Å². The summed E-state index contributed by atoms with van der Waals surface area (Å²) in [5.41, 5.74) is 4.28. The maximum atomic E-state index is 11.8. The number of methoxy groups -OCH3 is 1. The zero-order valence-corrected chi connectivity index (χ0v) is 15.7. The minimum Gasteiger partial charge on any atom is -0.370 e. The van der Waals surface area contributed by atoms with Gasteiger partial charge in [0.15, 0.2) is 5.78 Å². The van der Waals surface area contributed by atoms with Crippen LogP contribution in [0.3, 0.4) is 0 Å². The van der Waals surface area contributed by atoms with E-state index in [4.69, 9.17) is 4.74 Å². The first-order valence-corrected chi connectivity index (χ1v) is 11.1. The van der Waals surface area contributed by atoms with E-state index >= 15 is 0 Å². The number of rotatable bonds is 1. The quantitative estimate of drug-likeness (QED) is 0.533. The van der Waals surface area contributed by atoms with Crippen LogP contribution >= 0.6 is 0 Å². The fourth-order valence-corrected chi connectivity index (χ4v) is 3.79. The summed E-state index contributed by atoms with van der Waals surface area (Å²) in [6.45, 7) is 11.5. The van der Waals surface area contributed by atoms with E-state index in [1.807, 2.05) is 6.08 Å². The highest BCUT2D eigenvalue weighted by Gasteiger charge is 2.41. The van der Waals surface area contributed by atoms with E-state index in [0.717, 1.165) is 24.8 Å². The van der Waals surface area contributed by atoms with Crippen LogP contribution in [0.2, 0.25) is 18.1 Å². The summed E-state index contributed by atoms with van der Waals surface area (Å²) >= 11 is 0. The Morgan fingerprint density at radius 3 is 2.64 bits per heavy atom. The highest BCUT2D eigenvalue weighted by Crippen LogP contribution is 2.43. The molecule has 22 heavy (non-hydrogen) atoms. The molecule has 0 N–H and O–H groups in total. The van der Waals surface area contributed by atoms with Crippen LogP contribution in [0.1, 0.15) is 40.0 Å². The zero-order valence-electron chi connectivity index (χ0n) is 14.7. The molecule has 1 saturated carbocycles. The Kier molecular flexibility index (Phi) is 4.57. The molecule has 2 atom stereocenters. The average Bonchev–Trinajstić information content (AvgIpc) is 2.44. The van der Waals surface area contributed by atoms with Crippen molar-refractivity contribution in [1.29, 1.82) is 0 Å². The van der Waals surface area contributed by atoms with Gasteiger partial charge in [0.1, 0.15) is 13.7 Å². The van der Waals surface area contributed by atoms with Crippen molar-refractivity contribution in [3.63, 3.8) is 0 Å². The summed E-state index contributed by atoms with van der Waals surface area (Å²) in [6.07, 6.45) is 8.38. The number of carbonyl (C=O) groups is 1. The second-order valence-electron chi connectivity index (χ2n) is 8.02. The third-order valence-electron chi connectivity index (χ3n) is 5.52. The van der Waals surface area contributed by atoms with Crippen LogP contribution in [0.5, 0.6) is 0 Å². The molecular formula is C19H28O2Si. The van der Waals surface area contributed by atoms with Gasteiger partial charge in [-0.2, -0.15) is 0 Å². The number of hydrogen-bond acceptors (Lipinski definition) is 2. The van der Waals surface area contributed by atoms with Crippen molar-refractivity contribution < 1.29 is 9.53 Å². The van der Waals surface area contributed by atoms with Crippen LogP contribution < -0.4 is 0 Å². The van der Waals surface area contributed by atoms with Gasteiger partial charge >= 0.3 is 0 Å². The highest BCUT2D eigenvalue weighted by atomic mass is 28.3. The number of allylic oxidation sites excluding steroid dienone is 2. The Morgan fingerprint density at radius 1 is 1.36 bits per heavy atom. The summed E-state index contributed by atoms with van der Waals surface area (Å²) in [4.78, 5) is 11.8. The molecule has 0 amide bonds. The Balaban J connectivity index is 2.35. The molecule has 3 heteroatoms. The summed E-state index contributed by atoms with van der Waals surface area (Å²) < 4.78 is 5.80. The molecule has 0 aromatic rings. The van der Waals surface area contributed by atoms with Gasteiger partial charge < -0.3 is 4.74 Å². The summed E-state index contributed by atoms with van der Waals surface area (Å²) in [5.74, 6) is 3.73. The Morgan fingerprint density at radius 2 is 2.05 bits per heavy atom. The largest absolute Gasteiger partial charge is 0.370 e. The normalized spacial score (nSPS) is 28.5. The van der Waals surface area contributed by atoms with Crippen LogP contribution in [0.4, 0.5) is 0 Å². The molecule has 120 valence electrons. The smallest absolute Gasteiger partial charge is 0.178 e. The molecule has 0 aliphatic heterocycles. The van der Waals surface area contributed by atoms with E-state index in [0.29, 0.717) is 0 Å². The first kappa shape index (κ1) is 17.2. The lowest BCUT2D eigenvalue weighted by atomic mass is 9.71. The lowest BCUT2D eigenvalue weighted by Crippen LogP contribution is -2.41. The zero-order chi connectivity index (χ0) is 16.6. The summed E-state index contributed by atoms with van der Waals surface area (Å²) in [7, 11) is 0.105. The van der Waals surface area contributed by atoms with Crippen molar-refractivity contribution in [2.45, 2.75) is 63.8 Å². The average molecular weight is 317 g/mol. The fraction of sp³-hybridized carbons (Fsp3) is 0.632. The minimum atomic E-state index is -1.63. The fourth-order valence-electron chi connectivity index (χ4n) is 2.88. The first-order valence-electron chi connectivity index (χ1n) is 8.14. The maximum absolute atomic E-state index is 11.8. The van der Waals surface area contributed by atoms with Crippen molar-refractivity contribution in [2.75, 3.05) is 7.11 Å². The summed E-state index contributed by atoms with van der Waals surface area (Å²) in [6, 6.07) is 0. The van der Waals surface area contributed by atoms with E-state index in [-0.39, 0.29) is 16.7 Å². The number of fused-ring (bicyclic) bond motifs is 1. The molecule has 2 nitrogen and oxygen atoms in total. The van der Waals surface area contributed by atoms with Gasteiger partial charge in [-0.1, -0.05) is 33.9 Å². The third kappa shape index (κ3) is 3.14. The van der Waals surface area contributed by atoms with Gasteiger partial charge in [0.2, 0.25) is 0 Å². The van der Waals surface area contributed by atoms with Gasteiger partial charge in [-0.15, -0.1) is 11.5 Å². The minimum absolute atomic E-state index is 0.0590. The third-order valence-corrected chi connectivity index (χ3v) is 10.0. The number of ether oxygens (including phenoxy) is 1. The van der Waals surface area contributed by atoms with Gasteiger partial charge in [-0.05, 0) is 48.1 Å². The van der Waals surface area contributed by atoms with Gasteiger partial charge in [0.25, 0.3) is 0 Å². The standard InChI is InChI=1S/C19H28O2Si/c1-18(2,3)22(5,6)13-10-15-8-7-11-19(21-4)12-9-16(20)14-17(15)19/h9,12,14-15H,7-8,11H2,1-6H3. The molecule has 0 heterocycles. The molecule has 2 aliphatic rings. The molecule has 0 bridgehead atoms. The number of ketones is 1. The predicted molar refractivity (Wildman–Crippen MR) is 94.3 cm³/mol. The van der Waals surface area contributed by atoms with Crippen molar-refractivity contribution in [2.24, 2.45) is 5.92 Å². The molecule has 2 rings (SSSR count). The molecule has 2 aliphatic carbocycles. The van der Waals surface area contributed by atoms with Crippen molar-refractivity contribution >= 4 is 13.9 Å². The van der Waals surface area contributed by atoms with Crippen LogP contribution in [0, 0.1) is 17.4 Å². The number of hydrogen-bond donors (Lipinski definition) is 0. The Bertz CT molecular complexity index is 581. The number of carbonyl (C=O) groups excluding carboxylic acids is 1. The Labute approximate surface area is 136 Å². The maximum Gasteiger partial charge on any atom is 0.178 e. The molecule has 0 spiro atoms.